The number of fused-ring (bicyclic) bond motifs is 8. The Bertz CT molecular complexity index is 1980. The number of nitrogens with zero attached hydrogens (tertiary/aromatic N) is 4. The fourth-order valence-corrected chi connectivity index (χ4v) is 6.82. The summed E-state index contributed by atoms with van der Waals surface area (Å²) in [5.41, 5.74) is 9.85. The maximum absolute atomic E-state index is 13.7. The van der Waals surface area contributed by atoms with Gasteiger partial charge in [-0.1, -0.05) is 61.4 Å². The molecule has 3 aromatic heterocycles. The fourth-order valence-electron chi connectivity index (χ4n) is 6.82. The van der Waals surface area contributed by atoms with Crippen LogP contribution in [0.5, 0.6) is 0 Å². The Kier molecular flexibility index (Phi) is 8.03. The Hall–Kier alpha value is -4.27. The normalized spacial score (nSPS) is 18.8. The van der Waals surface area contributed by atoms with E-state index in [0.29, 0.717) is 33.9 Å². The molecular formula is C34H32CuN4O5. The summed E-state index contributed by atoms with van der Waals surface area (Å²) in [6, 6.07) is 5.70. The van der Waals surface area contributed by atoms with E-state index in [1.807, 2.05) is 39.0 Å². The van der Waals surface area contributed by atoms with E-state index in [4.69, 9.17) is 19.9 Å². The number of carbonyl (C=O) groups is 3. The van der Waals surface area contributed by atoms with Crippen molar-refractivity contribution in [1.82, 2.24) is 19.9 Å². The van der Waals surface area contributed by atoms with Crippen LogP contribution >= 0.6 is 0 Å². The standard InChI is InChI=1S/C34H34N4O5.Cu/c1-7-18-14(3)21-11-23-16(5)20(9-10-27(39)40)31(37-23)29-30(34(42)43)33(41)28-17(6)24(38-32(28)29)13-26-19(8-2)15(4)22(36-26)12-25(18)35-21;/h7,11-13,16,20,30H,1,8-10H2,2-6H3,(H4,35,36,37,38,39,40,41,42,43);/q;+2/p-2. The van der Waals surface area contributed by atoms with Crippen LogP contribution < -0.4 is 9.97 Å². The third-order valence-electron chi connectivity index (χ3n) is 9.22. The largest absolute Gasteiger partial charge is 2.00 e. The molecule has 3 atom stereocenters. The van der Waals surface area contributed by atoms with Crippen LogP contribution in [-0.4, -0.2) is 37.9 Å². The number of carboxylic acids is 2. The van der Waals surface area contributed by atoms with Crippen molar-refractivity contribution in [3.63, 3.8) is 0 Å². The number of rotatable bonds is 6. The zero-order valence-corrected chi connectivity index (χ0v) is 26.0. The number of hydrogen-bond donors (Lipinski definition) is 2. The molecule has 44 heavy (non-hydrogen) atoms. The van der Waals surface area contributed by atoms with Crippen molar-refractivity contribution >= 4 is 57.0 Å². The molecule has 8 bridgehead atoms. The number of allylic oxidation sites excluding steroid dienone is 2. The van der Waals surface area contributed by atoms with Gasteiger partial charge < -0.3 is 20.2 Å². The van der Waals surface area contributed by atoms with Gasteiger partial charge in [0.2, 0.25) is 0 Å². The van der Waals surface area contributed by atoms with Crippen molar-refractivity contribution < 1.29 is 41.7 Å². The molecule has 0 amide bonds. The Morgan fingerprint density at radius 1 is 1.00 bits per heavy atom. The predicted molar refractivity (Wildman–Crippen MR) is 164 cm³/mol. The molecule has 229 valence electrons. The number of carboxylic acid groups (broad SMARTS) is 2. The molecule has 9 nitrogen and oxygen atoms in total. The van der Waals surface area contributed by atoms with Crippen LogP contribution in [0, 0.1) is 13.8 Å². The van der Waals surface area contributed by atoms with Gasteiger partial charge in [0.05, 0.1) is 17.1 Å². The first kappa shape index (κ1) is 31.2. The average molecular weight is 640 g/mol. The zero-order chi connectivity index (χ0) is 30.9. The molecular weight excluding hydrogens is 608 g/mol. The Morgan fingerprint density at radius 3 is 2.32 bits per heavy atom. The molecule has 2 aliphatic heterocycles. The van der Waals surface area contributed by atoms with E-state index in [2.05, 4.69) is 13.5 Å². The summed E-state index contributed by atoms with van der Waals surface area (Å²) in [6.45, 7) is 13.8. The van der Waals surface area contributed by atoms with Crippen LogP contribution in [-0.2, 0) is 37.9 Å². The predicted octanol–water partition coefficient (Wildman–Crippen LogP) is 5.83. The average Bonchev–Trinajstić information content (AvgIpc) is 3.68. The monoisotopic (exact) mass is 639 g/mol. The van der Waals surface area contributed by atoms with Gasteiger partial charge in [-0.2, -0.15) is 0 Å². The van der Waals surface area contributed by atoms with Crippen LogP contribution in [0.15, 0.2) is 24.8 Å². The van der Waals surface area contributed by atoms with Gasteiger partial charge in [-0.15, -0.1) is 22.1 Å². The van der Waals surface area contributed by atoms with Gasteiger partial charge in [-0.3, -0.25) is 19.4 Å². The Labute approximate surface area is 265 Å². The zero-order valence-electron chi connectivity index (χ0n) is 25.1. The number of ketones is 1. The van der Waals surface area contributed by atoms with Crippen molar-refractivity contribution in [2.75, 3.05) is 0 Å². The van der Waals surface area contributed by atoms with E-state index in [1.54, 1.807) is 13.0 Å². The number of aryl methyl sites for hydroxylation is 3. The molecule has 0 fully saturated rings. The number of aliphatic carboxylic acids is 2. The molecule has 3 aliphatic rings. The van der Waals surface area contributed by atoms with E-state index in [0.717, 1.165) is 45.2 Å². The molecule has 2 N–H and O–H groups in total. The van der Waals surface area contributed by atoms with Crippen molar-refractivity contribution in [2.45, 2.75) is 71.6 Å². The topological polar surface area (TPSA) is 146 Å². The van der Waals surface area contributed by atoms with E-state index in [1.165, 1.54) is 0 Å². The first-order valence-electron chi connectivity index (χ1n) is 14.5. The van der Waals surface area contributed by atoms with Gasteiger partial charge in [0.1, 0.15) is 5.92 Å². The summed E-state index contributed by atoms with van der Waals surface area (Å²) < 4.78 is 0. The minimum atomic E-state index is -1.47. The van der Waals surface area contributed by atoms with Crippen molar-refractivity contribution in [1.29, 1.82) is 0 Å². The maximum Gasteiger partial charge on any atom is 2.00 e. The first-order valence-corrected chi connectivity index (χ1v) is 14.5. The SMILES string of the molecule is C=Cc1c(C)c2cc3nc(c4c5nc(cc6[n-]c(cc1[n-]2)c(C)c6CC)C(C)=C5C(=O)C4C(=O)O)C(CCC(=O)O)C3C.[Cu+2]. The molecule has 3 aromatic rings. The summed E-state index contributed by atoms with van der Waals surface area (Å²) in [6.07, 6.45) is 2.61. The molecule has 5 heterocycles. The molecule has 10 heteroatoms. The maximum atomic E-state index is 13.7. The van der Waals surface area contributed by atoms with Crippen LogP contribution in [0.2, 0.25) is 0 Å². The smallest absolute Gasteiger partial charge is 0.657 e. The van der Waals surface area contributed by atoms with Crippen molar-refractivity contribution in [3.05, 3.63) is 75.4 Å². The van der Waals surface area contributed by atoms with Crippen LogP contribution in [0.3, 0.4) is 0 Å². The van der Waals surface area contributed by atoms with Crippen LogP contribution in [0.1, 0.15) is 102 Å². The molecule has 0 saturated carbocycles. The van der Waals surface area contributed by atoms with Crippen molar-refractivity contribution in [2.24, 2.45) is 0 Å². The molecule has 1 aliphatic carbocycles. The van der Waals surface area contributed by atoms with Gasteiger partial charge in [0.25, 0.3) is 0 Å². The molecule has 6 rings (SSSR count). The number of aromatic nitrogens is 4. The third kappa shape index (κ3) is 4.64. The Morgan fingerprint density at radius 2 is 1.68 bits per heavy atom. The quantitative estimate of drug-likeness (QED) is 0.251. The molecule has 3 unspecified atom stereocenters. The van der Waals surface area contributed by atoms with E-state index in [-0.39, 0.29) is 47.0 Å². The molecule has 0 spiro atoms. The van der Waals surface area contributed by atoms with Crippen LogP contribution in [0.4, 0.5) is 0 Å². The molecule has 0 aromatic carbocycles. The van der Waals surface area contributed by atoms with Crippen molar-refractivity contribution in [3.8, 4) is 0 Å². The van der Waals surface area contributed by atoms with E-state index < -0.39 is 29.6 Å². The second kappa shape index (κ2) is 11.3. The summed E-state index contributed by atoms with van der Waals surface area (Å²) in [7, 11) is 0. The summed E-state index contributed by atoms with van der Waals surface area (Å²) in [5.74, 6) is -4.91. The molecule has 1 radical (unpaired) electrons. The summed E-state index contributed by atoms with van der Waals surface area (Å²) in [5, 5.41) is 19.8. The molecule has 0 saturated heterocycles. The van der Waals surface area contributed by atoms with E-state index >= 15 is 0 Å². The Balaban J connectivity index is 0.00000384. The van der Waals surface area contributed by atoms with Gasteiger partial charge >= 0.3 is 29.0 Å². The fraction of sp³-hybridized carbons (Fsp3) is 0.324. The third-order valence-corrected chi connectivity index (χ3v) is 9.22. The van der Waals surface area contributed by atoms with Gasteiger partial charge in [-0.25, -0.2) is 4.98 Å². The number of Topliss-reactive ketones (excluding diaryl/α,β-unsaturated/α-hetero) is 1. The van der Waals surface area contributed by atoms with Crippen LogP contribution in [0.25, 0.3) is 39.3 Å². The number of carbonyl (C=O) groups excluding carboxylic acids is 1. The van der Waals surface area contributed by atoms with E-state index in [9.17, 15) is 24.6 Å². The number of hydrogen-bond acceptors (Lipinski definition) is 5. The van der Waals surface area contributed by atoms with Gasteiger partial charge in [0, 0.05) is 35.1 Å². The first-order chi connectivity index (χ1) is 20.5. The minimum absolute atomic E-state index is 0. The minimum Gasteiger partial charge on any atom is -0.657 e. The second-order valence-electron chi connectivity index (χ2n) is 11.5. The van der Waals surface area contributed by atoms with Gasteiger partial charge in [0.15, 0.2) is 5.78 Å². The summed E-state index contributed by atoms with van der Waals surface area (Å²) >= 11 is 0. The second-order valence-corrected chi connectivity index (χ2v) is 11.5. The summed E-state index contributed by atoms with van der Waals surface area (Å²) in [4.78, 5) is 57.7. The van der Waals surface area contributed by atoms with Gasteiger partial charge in [-0.05, 0) is 44.7 Å².